The minimum atomic E-state index is -0.405. The lowest BCUT2D eigenvalue weighted by molar-refractivity contribution is 0.0230. The third-order valence-electron chi connectivity index (χ3n) is 4.38. The highest BCUT2D eigenvalue weighted by atomic mass is 16.6. The molecule has 1 saturated heterocycles. The van der Waals surface area contributed by atoms with Gasteiger partial charge in [0.1, 0.15) is 5.60 Å². The van der Waals surface area contributed by atoms with Crippen LogP contribution in [0.1, 0.15) is 46.5 Å². The van der Waals surface area contributed by atoms with Crippen LogP contribution < -0.4 is 5.73 Å². The number of likely N-dealkylation sites (tertiary alicyclic amines) is 1. The highest BCUT2D eigenvalue weighted by Gasteiger charge is 2.37. The lowest BCUT2D eigenvalue weighted by Gasteiger charge is -2.28. The number of rotatable bonds is 1. The van der Waals surface area contributed by atoms with E-state index in [2.05, 4.69) is 0 Å². The van der Waals surface area contributed by atoms with Gasteiger partial charge in [0.25, 0.3) is 0 Å². The van der Waals surface area contributed by atoms with Gasteiger partial charge in [-0.1, -0.05) is 0 Å². The van der Waals surface area contributed by atoms with Gasteiger partial charge in [0.15, 0.2) is 0 Å². The Morgan fingerprint density at radius 3 is 2.63 bits per heavy atom. The van der Waals surface area contributed by atoms with Crippen molar-refractivity contribution in [3.63, 3.8) is 0 Å². The molecule has 2 aliphatic rings. The van der Waals surface area contributed by atoms with Crippen LogP contribution >= 0.6 is 0 Å². The van der Waals surface area contributed by atoms with Gasteiger partial charge in [-0.05, 0) is 70.8 Å². The molecule has 0 aromatic rings. The minimum Gasteiger partial charge on any atom is -0.444 e. The fourth-order valence-corrected chi connectivity index (χ4v) is 3.52. The van der Waals surface area contributed by atoms with Crippen molar-refractivity contribution in [3.8, 4) is 0 Å². The highest BCUT2D eigenvalue weighted by Crippen LogP contribution is 2.40. The molecule has 1 saturated carbocycles. The summed E-state index contributed by atoms with van der Waals surface area (Å²) >= 11 is 0. The van der Waals surface area contributed by atoms with Gasteiger partial charge in [-0.15, -0.1) is 0 Å². The molecular weight excluding hydrogens is 240 g/mol. The molecule has 0 aromatic heterocycles. The van der Waals surface area contributed by atoms with Gasteiger partial charge in [-0.3, -0.25) is 0 Å². The zero-order valence-electron chi connectivity index (χ0n) is 12.5. The van der Waals surface area contributed by atoms with E-state index in [-0.39, 0.29) is 6.09 Å². The summed E-state index contributed by atoms with van der Waals surface area (Å²) in [6, 6.07) is 0. The first-order chi connectivity index (χ1) is 8.89. The van der Waals surface area contributed by atoms with Crippen molar-refractivity contribution in [2.24, 2.45) is 23.5 Å². The lowest BCUT2D eigenvalue weighted by atomic mass is 9.93. The summed E-state index contributed by atoms with van der Waals surface area (Å²) in [6.07, 6.45) is 4.62. The van der Waals surface area contributed by atoms with Crippen molar-refractivity contribution in [3.05, 3.63) is 0 Å². The van der Waals surface area contributed by atoms with E-state index in [4.69, 9.17) is 10.5 Å². The maximum Gasteiger partial charge on any atom is 0.410 e. The zero-order valence-corrected chi connectivity index (χ0v) is 12.5. The predicted octanol–water partition coefficient (Wildman–Crippen LogP) is 2.62. The summed E-state index contributed by atoms with van der Waals surface area (Å²) in [6.45, 7) is 8.26. The zero-order chi connectivity index (χ0) is 14.0. The molecule has 0 aromatic carbocycles. The Balaban J connectivity index is 1.95. The standard InChI is InChI=1S/C15H28N2O2/c1-15(2,3)19-14(18)17-6-4-5-12-7-11(9-16)8-13(12)10-17/h11-13H,4-10,16H2,1-3H3. The Morgan fingerprint density at radius 2 is 2.00 bits per heavy atom. The first-order valence-corrected chi connectivity index (χ1v) is 7.57. The number of ether oxygens (including phenoxy) is 1. The highest BCUT2D eigenvalue weighted by molar-refractivity contribution is 5.68. The van der Waals surface area contributed by atoms with E-state index >= 15 is 0 Å². The van der Waals surface area contributed by atoms with Crippen LogP contribution in [-0.4, -0.2) is 36.2 Å². The van der Waals surface area contributed by atoms with Crippen LogP contribution in [0.25, 0.3) is 0 Å². The van der Waals surface area contributed by atoms with Crippen LogP contribution in [0.5, 0.6) is 0 Å². The summed E-state index contributed by atoms with van der Waals surface area (Å²) < 4.78 is 5.50. The fourth-order valence-electron chi connectivity index (χ4n) is 3.52. The molecule has 2 rings (SSSR count). The van der Waals surface area contributed by atoms with Gasteiger partial charge in [-0.25, -0.2) is 4.79 Å². The Morgan fingerprint density at radius 1 is 1.32 bits per heavy atom. The van der Waals surface area contributed by atoms with E-state index in [9.17, 15) is 4.79 Å². The van der Waals surface area contributed by atoms with Crippen molar-refractivity contribution < 1.29 is 9.53 Å². The molecule has 4 heteroatoms. The maximum atomic E-state index is 12.2. The number of nitrogens with two attached hydrogens (primary N) is 1. The van der Waals surface area contributed by atoms with Crippen LogP contribution in [0.2, 0.25) is 0 Å². The smallest absolute Gasteiger partial charge is 0.410 e. The monoisotopic (exact) mass is 268 g/mol. The van der Waals surface area contributed by atoms with E-state index in [1.165, 1.54) is 19.3 Å². The third-order valence-corrected chi connectivity index (χ3v) is 4.38. The van der Waals surface area contributed by atoms with Gasteiger partial charge in [0, 0.05) is 13.1 Å². The van der Waals surface area contributed by atoms with E-state index in [0.29, 0.717) is 11.8 Å². The molecule has 1 aliphatic heterocycles. The van der Waals surface area contributed by atoms with Crippen LogP contribution in [0.4, 0.5) is 4.79 Å². The molecule has 19 heavy (non-hydrogen) atoms. The topological polar surface area (TPSA) is 55.6 Å². The first-order valence-electron chi connectivity index (χ1n) is 7.57. The molecule has 2 N–H and O–H groups in total. The van der Waals surface area contributed by atoms with Crippen LogP contribution in [0.15, 0.2) is 0 Å². The molecule has 3 atom stereocenters. The average molecular weight is 268 g/mol. The van der Waals surface area contributed by atoms with E-state index in [1.807, 2.05) is 25.7 Å². The van der Waals surface area contributed by atoms with E-state index in [0.717, 1.165) is 32.0 Å². The second-order valence-corrected chi connectivity index (χ2v) is 7.16. The number of nitrogens with zero attached hydrogens (tertiary/aromatic N) is 1. The number of hydrogen-bond donors (Lipinski definition) is 1. The van der Waals surface area contributed by atoms with Gasteiger partial charge in [0.05, 0.1) is 0 Å². The van der Waals surface area contributed by atoms with Crippen molar-refractivity contribution in [2.45, 2.75) is 52.1 Å². The molecule has 0 spiro atoms. The van der Waals surface area contributed by atoms with Crippen molar-refractivity contribution in [1.29, 1.82) is 0 Å². The largest absolute Gasteiger partial charge is 0.444 e. The Labute approximate surface area is 116 Å². The molecule has 0 bridgehead atoms. The Bertz CT molecular complexity index is 325. The van der Waals surface area contributed by atoms with Gasteiger partial charge >= 0.3 is 6.09 Å². The molecule has 4 nitrogen and oxygen atoms in total. The van der Waals surface area contributed by atoms with E-state index < -0.39 is 5.60 Å². The van der Waals surface area contributed by atoms with Crippen molar-refractivity contribution in [1.82, 2.24) is 4.90 Å². The van der Waals surface area contributed by atoms with E-state index in [1.54, 1.807) is 0 Å². The molecule has 1 aliphatic carbocycles. The molecule has 0 radical (unpaired) electrons. The summed E-state index contributed by atoms with van der Waals surface area (Å²) in [7, 11) is 0. The van der Waals surface area contributed by atoms with Gasteiger partial charge < -0.3 is 15.4 Å². The fraction of sp³-hybridized carbons (Fsp3) is 0.933. The number of hydrogen-bond acceptors (Lipinski definition) is 3. The second-order valence-electron chi connectivity index (χ2n) is 7.16. The number of carbonyl (C=O) groups excluding carboxylic acids is 1. The van der Waals surface area contributed by atoms with Crippen LogP contribution in [-0.2, 0) is 4.74 Å². The summed E-state index contributed by atoms with van der Waals surface area (Å²) in [5.74, 6) is 2.05. The summed E-state index contributed by atoms with van der Waals surface area (Å²) in [5, 5.41) is 0. The van der Waals surface area contributed by atoms with Crippen LogP contribution in [0.3, 0.4) is 0 Å². The normalized spacial score (nSPS) is 31.8. The third kappa shape index (κ3) is 3.85. The summed E-state index contributed by atoms with van der Waals surface area (Å²) in [4.78, 5) is 14.1. The first kappa shape index (κ1) is 14.6. The van der Waals surface area contributed by atoms with Gasteiger partial charge in [0.2, 0.25) is 0 Å². The van der Waals surface area contributed by atoms with Gasteiger partial charge in [-0.2, -0.15) is 0 Å². The molecule has 1 heterocycles. The molecular formula is C15H28N2O2. The van der Waals surface area contributed by atoms with Crippen molar-refractivity contribution in [2.75, 3.05) is 19.6 Å². The minimum absolute atomic E-state index is 0.149. The Kier molecular flexibility index (Phi) is 4.39. The molecule has 2 fully saturated rings. The second kappa shape index (κ2) is 5.70. The lowest BCUT2D eigenvalue weighted by Crippen LogP contribution is -2.39. The average Bonchev–Trinajstić information content (AvgIpc) is 2.58. The number of amides is 1. The van der Waals surface area contributed by atoms with Crippen LogP contribution in [0, 0.1) is 17.8 Å². The number of carbonyl (C=O) groups is 1. The SMILES string of the molecule is CC(C)(C)OC(=O)N1CCCC2CC(CN)CC2C1. The molecule has 110 valence electrons. The quantitative estimate of drug-likeness (QED) is 0.795. The molecule has 1 amide bonds. The maximum absolute atomic E-state index is 12.2. The predicted molar refractivity (Wildman–Crippen MR) is 75.8 cm³/mol. The Hall–Kier alpha value is -0.770. The summed E-state index contributed by atoms with van der Waals surface area (Å²) in [5.41, 5.74) is 5.40. The van der Waals surface area contributed by atoms with Crippen molar-refractivity contribution >= 4 is 6.09 Å². The molecule has 3 unspecified atom stereocenters. The number of fused-ring (bicyclic) bond motifs is 1.